The fraction of sp³-hybridized carbons (Fsp3) is 0.690. The van der Waals surface area contributed by atoms with Gasteiger partial charge in [0.25, 0.3) is 0 Å². The van der Waals surface area contributed by atoms with E-state index in [4.69, 9.17) is 9.47 Å². The van der Waals surface area contributed by atoms with Crippen molar-refractivity contribution in [3.63, 3.8) is 0 Å². The maximum absolute atomic E-state index is 14.3. The number of likely N-dealkylation sites (N-methyl/N-ethyl adjacent to an activating group) is 1. The van der Waals surface area contributed by atoms with Gasteiger partial charge in [0, 0.05) is 40.1 Å². The zero-order valence-corrected chi connectivity index (χ0v) is 34.1. The van der Waals surface area contributed by atoms with E-state index in [1.54, 1.807) is 32.4 Å². The molecule has 1 aliphatic carbocycles. The van der Waals surface area contributed by atoms with Crippen LogP contribution < -0.4 is 16.0 Å². The fourth-order valence-corrected chi connectivity index (χ4v) is 9.28. The molecule has 13 heteroatoms. The number of piperidine rings is 1. The molecule has 1 aromatic carbocycles. The first kappa shape index (κ1) is 42.3. The zero-order valence-electron chi connectivity index (χ0n) is 34.1. The van der Waals surface area contributed by atoms with Crippen molar-refractivity contribution in [2.45, 2.75) is 134 Å². The van der Waals surface area contributed by atoms with Crippen molar-refractivity contribution < 1.29 is 28.7 Å². The number of aromatic nitrogens is 2. The summed E-state index contributed by atoms with van der Waals surface area (Å²) in [5, 5.41) is 17.0. The Labute approximate surface area is 327 Å². The molecule has 2 saturated heterocycles. The number of amides is 4. The second kappa shape index (κ2) is 19.4. The Balaban J connectivity index is 1.26. The molecule has 13 nitrogen and oxygen atoms in total. The Morgan fingerprint density at radius 2 is 1.75 bits per heavy atom. The number of hydrogen-bond donors (Lipinski definition) is 4. The van der Waals surface area contributed by atoms with Crippen molar-refractivity contribution >= 4 is 23.6 Å². The molecule has 0 radical (unpaired) electrons. The van der Waals surface area contributed by atoms with Crippen LogP contribution in [0.4, 0.5) is 0 Å². The van der Waals surface area contributed by atoms with Gasteiger partial charge in [-0.05, 0) is 67.9 Å². The lowest BCUT2D eigenvalue weighted by molar-refractivity contribution is -0.147. The SMILES string of the molecule is CC[C@H](C)[C@@H]([C@H](CC(=O)N1CCC[C@H]1[C@H](OC)[C@@H](C)C(=O)N[C@@H](Cc1ccccc1)c1cc[nH]n1)OC)N(C)C(=O)[C@@H](NC(=O)[C@H]1N[C@@H]2CC[C@H]1C2)C(C)C. The Hall–Kier alpha value is -3.81. The predicted octanol–water partition coefficient (Wildman–Crippen LogP) is 4.01. The molecule has 2 bridgehead atoms. The molecule has 11 atom stereocenters. The Kier molecular flexibility index (Phi) is 14.9. The number of aromatic amines is 1. The summed E-state index contributed by atoms with van der Waals surface area (Å²) < 4.78 is 12.1. The summed E-state index contributed by atoms with van der Waals surface area (Å²) >= 11 is 0. The second-order valence-electron chi connectivity index (χ2n) is 16.5. The monoisotopic (exact) mass is 763 g/mol. The molecule has 2 aliphatic heterocycles. The second-order valence-corrected chi connectivity index (χ2v) is 16.5. The summed E-state index contributed by atoms with van der Waals surface area (Å²) in [5.41, 5.74) is 1.81. The first-order valence-corrected chi connectivity index (χ1v) is 20.4. The molecule has 2 aromatic rings. The van der Waals surface area contributed by atoms with Crippen LogP contribution in [0.2, 0.25) is 0 Å². The van der Waals surface area contributed by atoms with Crippen LogP contribution in [0.5, 0.6) is 0 Å². The lowest BCUT2D eigenvalue weighted by atomic mass is 9.89. The standard InChI is InChI=1S/C42H65N7O6/c1-9-26(4)38(48(6)42(53)36(25(2)3)46-41(52)37-29-17-18-30(23-29)44-37)34(54-7)24-35(50)49-21-13-16-33(49)39(55-8)27(5)40(51)45-32(31-19-20-43-47-31)22-28-14-11-10-12-15-28/h10-12,14-15,19-20,25-27,29-30,32-34,36-39,44H,9,13,16-18,21-24H2,1-8H3,(H,43,47)(H,45,51)(H,46,52)/t26-,27+,29-,30+,32-,33-,34-,36-,37-,38-,39+/m0/s1. The van der Waals surface area contributed by atoms with E-state index in [-0.39, 0.29) is 60.0 Å². The Bertz CT molecular complexity index is 1560. The summed E-state index contributed by atoms with van der Waals surface area (Å²) in [7, 11) is 4.95. The molecule has 3 aliphatic rings. The largest absolute Gasteiger partial charge is 0.379 e. The number of H-pyrrole nitrogens is 1. The summed E-state index contributed by atoms with van der Waals surface area (Å²) in [6.45, 7) is 10.4. The van der Waals surface area contributed by atoms with E-state index in [1.807, 2.05) is 62.1 Å². The number of nitrogens with one attached hydrogen (secondary N) is 4. The maximum Gasteiger partial charge on any atom is 0.245 e. The summed E-state index contributed by atoms with van der Waals surface area (Å²) in [5.74, 6) is -0.970. The van der Waals surface area contributed by atoms with Crippen LogP contribution in [-0.2, 0) is 35.1 Å². The van der Waals surface area contributed by atoms with Crippen molar-refractivity contribution in [1.29, 1.82) is 0 Å². The molecule has 304 valence electrons. The van der Waals surface area contributed by atoms with Gasteiger partial charge < -0.3 is 35.2 Å². The van der Waals surface area contributed by atoms with Gasteiger partial charge in [-0.2, -0.15) is 5.10 Å². The highest BCUT2D eigenvalue weighted by Crippen LogP contribution is 2.35. The van der Waals surface area contributed by atoms with Gasteiger partial charge in [0.15, 0.2) is 0 Å². The lowest BCUT2D eigenvalue weighted by Crippen LogP contribution is -2.59. The van der Waals surface area contributed by atoms with Gasteiger partial charge >= 0.3 is 0 Å². The summed E-state index contributed by atoms with van der Waals surface area (Å²) in [6, 6.07) is 10.2. The first-order chi connectivity index (χ1) is 26.4. The van der Waals surface area contributed by atoms with Crippen LogP contribution >= 0.6 is 0 Å². The van der Waals surface area contributed by atoms with E-state index in [9.17, 15) is 19.2 Å². The van der Waals surface area contributed by atoms with E-state index in [2.05, 4.69) is 40.0 Å². The van der Waals surface area contributed by atoms with Gasteiger partial charge in [0.1, 0.15) is 6.04 Å². The molecule has 3 heterocycles. The topological polar surface area (TPSA) is 158 Å². The van der Waals surface area contributed by atoms with Crippen LogP contribution in [-0.4, -0.2) is 114 Å². The number of nitrogens with zero attached hydrogens (tertiary/aromatic N) is 3. The van der Waals surface area contributed by atoms with Gasteiger partial charge in [0.05, 0.1) is 54.4 Å². The van der Waals surface area contributed by atoms with Crippen LogP contribution in [0.1, 0.15) is 96.9 Å². The molecule has 3 fully saturated rings. The average Bonchev–Trinajstić information content (AvgIpc) is 4.03. The van der Waals surface area contributed by atoms with Gasteiger partial charge in [-0.1, -0.05) is 71.4 Å². The minimum absolute atomic E-state index is 0.00520. The van der Waals surface area contributed by atoms with Crippen molar-refractivity contribution in [2.75, 3.05) is 27.8 Å². The zero-order chi connectivity index (χ0) is 39.8. The van der Waals surface area contributed by atoms with Gasteiger partial charge in [-0.3, -0.25) is 24.3 Å². The van der Waals surface area contributed by atoms with Crippen LogP contribution in [0.3, 0.4) is 0 Å². The molecule has 0 unspecified atom stereocenters. The predicted molar refractivity (Wildman–Crippen MR) is 211 cm³/mol. The molecule has 55 heavy (non-hydrogen) atoms. The van der Waals surface area contributed by atoms with E-state index in [1.165, 1.54) is 0 Å². The third kappa shape index (κ3) is 9.96. The number of fused-ring (bicyclic) bond motifs is 2. The van der Waals surface area contributed by atoms with Crippen LogP contribution in [0.25, 0.3) is 0 Å². The highest BCUT2D eigenvalue weighted by molar-refractivity contribution is 5.90. The smallest absolute Gasteiger partial charge is 0.245 e. The van der Waals surface area contributed by atoms with Gasteiger partial charge in [-0.15, -0.1) is 0 Å². The maximum atomic E-state index is 14.3. The summed E-state index contributed by atoms with van der Waals surface area (Å²) in [6.07, 6.45) is 6.62. The average molecular weight is 764 g/mol. The number of methoxy groups -OCH3 is 2. The van der Waals surface area contributed by atoms with E-state index in [0.717, 1.165) is 43.4 Å². The molecule has 1 aromatic heterocycles. The van der Waals surface area contributed by atoms with E-state index >= 15 is 0 Å². The Morgan fingerprint density at radius 1 is 1.00 bits per heavy atom. The van der Waals surface area contributed by atoms with E-state index in [0.29, 0.717) is 31.3 Å². The fourth-order valence-electron chi connectivity index (χ4n) is 9.28. The molecule has 1 saturated carbocycles. The molecule has 0 spiro atoms. The van der Waals surface area contributed by atoms with E-state index < -0.39 is 30.2 Å². The van der Waals surface area contributed by atoms with Crippen molar-refractivity contribution in [2.24, 2.45) is 23.7 Å². The first-order valence-electron chi connectivity index (χ1n) is 20.4. The van der Waals surface area contributed by atoms with Crippen molar-refractivity contribution in [3.8, 4) is 0 Å². The minimum atomic E-state index is -0.712. The van der Waals surface area contributed by atoms with Crippen molar-refractivity contribution in [3.05, 3.63) is 53.9 Å². The molecule has 5 rings (SSSR count). The lowest BCUT2D eigenvalue weighted by Gasteiger charge is -2.41. The Morgan fingerprint density at radius 3 is 2.33 bits per heavy atom. The van der Waals surface area contributed by atoms with Gasteiger partial charge in [0.2, 0.25) is 23.6 Å². The minimum Gasteiger partial charge on any atom is -0.379 e. The van der Waals surface area contributed by atoms with Crippen LogP contribution in [0.15, 0.2) is 42.6 Å². The van der Waals surface area contributed by atoms with Crippen LogP contribution in [0, 0.1) is 23.7 Å². The number of likely N-dealkylation sites (tertiary alicyclic amines) is 1. The number of carbonyl (C=O) groups excluding carboxylic acids is 4. The normalized spacial score (nSPS) is 24.5. The third-order valence-corrected chi connectivity index (χ3v) is 12.6. The summed E-state index contributed by atoms with van der Waals surface area (Å²) in [4.78, 5) is 59.4. The van der Waals surface area contributed by atoms with Gasteiger partial charge in [-0.25, -0.2) is 0 Å². The molecule has 4 amide bonds. The number of rotatable bonds is 19. The number of benzene rings is 1. The molecular formula is C42H65N7O6. The molecule has 4 N–H and O–H groups in total. The van der Waals surface area contributed by atoms with Crippen molar-refractivity contribution in [1.82, 2.24) is 35.9 Å². The highest BCUT2D eigenvalue weighted by Gasteiger charge is 2.46. The highest BCUT2D eigenvalue weighted by atomic mass is 16.5. The quantitative estimate of drug-likeness (QED) is 0.167. The third-order valence-electron chi connectivity index (χ3n) is 12.6. The number of hydrogen-bond acceptors (Lipinski definition) is 8. The molecular weight excluding hydrogens is 699 g/mol. The number of carbonyl (C=O) groups is 4. The number of ether oxygens (including phenoxy) is 2.